The molecule has 0 bridgehead atoms. The molecule has 0 saturated carbocycles. The van der Waals surface area contributed by atoms with Crippen LogP contribution in [0.5, 0.6) is 0 Å². The summed E-state index contributed by atoms with van der Waals surface area (Å²) in [6.07, 6.45) is 1.10. The number of rotatable bonds is 5. The van der Waals surface area contributed by atoms with Crippen LogP contribution in [-0.2, 0) is 0 Å². The topological polar surface area (TPSA) is 74.5 Å². The quantitative estimate of drug-likeness (QED) is 0.790. The molecule has 112 valence electrons. The molecule has 0 radical (unpaired) electrons. The number of amides is 2. The molecule has 1 aromatic carbocycles. The van der Waals surface area contributed by atoms with Gasteiger partial charge in [-0.2, -0.15) is 0 Å². The molecule has 1 heterocycles. The number of carbonyl (C=O) groups is 1. The predicted octanol–water partition coefficient (Wildman–Crippen LogP) is 3.57. The van der Waals surface area contributed by atoms with E-state index in [4.69, 9.17) is 16.0 Å². The number of nitrogens with one attached hydrogen (secondary N) is 2. The molecule has 0 aliphatic heterocycles. The van der Waals surface area contributed by atoms with Gasteiger partial charge in [0.05, 0.1) is 17.0 Å². The lowest BCUT2D eigenvalue weighted by Crippen LogP contribution is -2.37. The van der Waals surface area contributed by atoms with E-state index < -0.39 is 6.10 Å². The summed E-state index contributed by atoms with van der Waals surface area (Å²) in [4.78, 5) is 11.9. The fourth-order valence-electron chi connectivity index (χ4n) is 1.94. The molecule has 6 heteroatoms. The molecular formula is C15H17ClN2O3. The van der Waals surface area contributed by atoms with E-state index in [0.29, 0.717) is 22.9 Å². The Morgan fingerprint density at radius 3 is 2.76 bits per heavy atom. The summed E-state index contributed by atoms with van der Waals surface area (Å²) in [5.41, 5.74) is 0.537. The van der Waals surface area contributed by atoms with Gasteiger partial charge in [-0.25, -0.2) is 4.79 Å². The highest BCUT2D eigenvalue weighted by atomic mass is 35.5. The molecule has 0 aliphatic carbocycles. The van der Waals surface area contributed by atoms with Crippen LogP contribution in [0.4, 0.5) is 10.5 Å². The summed E-state index contributed by atoms with van der Waals surface area (Å²) in [6, 6.07) is 9.78. The maximum absolute atomic E-state index is 11.9. The summed E-state index contributed by atoms with van der Waals surface area (Å²) < 4.78 is 5.12. The van der Waals surface area contributed by atoms with Crippen molar-refractivity contribution < 1.29 is 14.3 Å². The third kappa shape index (κ3) is 4.51. The van der Waals surface area contributed by atoms with Gasteiger partial charge in [-0.3, -0.25) is 0 Å². The van der Waals surface area contributed by atoms with Gasteiger partial charge in [0.2, 0.25) is 0 Å². The molecular weight excluding hydrogens is 292 g/mol. The Morgan fingerprint density at radius 2 is 2.10 bits per heavy atom. The van der Waals surface area contributed by atoms with Crippen molar-refractivity contribution >= 4 is 23.3 Å². The molecule has 2 rings (SSSR count). The van der Waals surface area contributed by atoms with E-state index in [1.54, 1.807) is 43.3 Å². The van der Waals surface area contributed by atoms with E-state index in [0.717, 1.165) is 0 Å². The van der Waals surface area contributed by atoms with E-state index in [9.17, 15) is 9.90 Å². The Kier molecular flexibility index (Phi) is 5.25. The minimum absolute atomic E-state index is 0.229. The summed E-state index contributed by atoms with van der Waals surface area (Å²) in [5.74, 6) is 0.482. The number of carbonyl (C=O) groups excluding carboxylic acids is 1. The van der Waals surface area contributed by atoms with Gasteiger partial charge in [-0.05, 0) is 31.2 Å². The number of aliphatic hydroxyl groups excluding tert-OH is 1. The molecule has 0 spiro atoms. The second-order valence-corrected chi connectivity index (χ2v) is 5.15. The molecule has 2 aromatic rings. The van der Waals surface area contributed by atoms with Crippen LogP contribution in [0.3, 0.4) is 0 Å². The van der Waals surface area contributed by atoms with Gasteiger partial charge in [0.25, 0.3) is 0 Å². The molecule has 21 heavy (non-hydrogen) atoms. The van der Waals surface area contributed by atoms with Crippen LogP contribution in [0, 0.1) is 0 Å². The van der Waals surface area contributed by atoms with Gasteiger partial charge in [0, 0.05) is 12.5 Å². The number of anilines is 1. The zero-order chi connectivity index (χ0) is 15.2. The Hall–Kier alpha value is -1.98. The van der Waals surface area contributed by atoms with Crippen molar-refractivity contribution in [2.75, 3.05) is 5.32 Å². The minimum atomic E-state index is -0.754. The van der Waals surface area contributed by atoms with E-state index in [1.165, 1.54) is 6.26 Å². The van der Waals surface area contributed by atoms with Crippen molar-refractivity contribution in [2.45, 2.75) is 25.5 Å². The number of hydrogen-bond donors (Lipinski definition) is 3. The van der Waals surface area contributed by atoms with Crippen molar-refractivity contribution in [3.05, 3.63) is 53.4 Å². The average Bonchev–Trinajstić information content (AvgIpc) is 2.95. The zero-order valence-corrected chi connectivity index (χ0v) is 12.3. The van der Waals surface area contributed by atoms with Crippen LogP contribution >= 0.6 is 11.6 Å². The minimum Gasteiger partial charge on any atom is -0.467 e. The lowest BCUT2D eigenvalue weighted by atomic mass is 10.1. The molecule has 2 amide bonds. The maximum Gasteiger partial charge on any atom is 0.319 e. The predicted molar refractivity (Wildman–Crippen MR) is 81.4 cm³/mol. The smallest absolute Gasteiger partial charge is 0.319 e. The van der Waals surface area contributed by atoms with Crippen LogP contribution < -0.4 is 10.6 Å². The van der Waals surface area contributed by atoms with Crippen LogP contribution in [0.15, 0.2) is 47.1 Å². The zero-order valence-electron chi connectivity index (χ0n) is 11.5. The third-order valence-electron chi connectivity index (χ3n) is 2.95. The Balaban J connectivity index is 1.83. The number of benzene rings is 1. The van der Waals surface area contributed by atoms with Crippen LogP contribution in [0.1, 0.15) is 25.2 Å². The van der Waals surface area contributed by atoms with E-state index in [2.05, 4.69) is 10.6 Å². The fourth-order valence-corrected chi connectivity index (χ4v) is 2.12. The molecule has 2 atom stereocenters. The average molecular weight is 309 g/mol. The van der Waals surface area contributed by atoms with Crippen LogP contribution in [0.25, 0.3) is 0 Å². The Bertz CT molecular complexity index is 586. The number of para-hydroxylation sites is 1. The number of hydrogen-bond acceptors (Lipinski definition) is 3. The molecule has 5 nitrogen and oxygen atoms in total. The van der Waals surface area contributed by atoms with Crippen LogP contribution in [0.2, 0.25) is 5.02 Å². The lowest BCUT2D eigenvalue weighted by Gasteiger charge is -2.17. The number of furan rings is 1. The lowest BCUT2D eigenvalue weighted by molar-refractivity contribution is 0.130. The van der Waals surface area contributed by atoms with Gasteiger partial charge < -0.3 is 20.2 Å². The first kappa shape index (κ1) is 15.4. The van der Waals surface area contributed by atoms with E-state index in [-0.39, 0.29) is 12.1 Å². The molecule has 0 saturated heterocycles. The first-order valence-corrected chi connectivity index (χ1v) is 6.97. The van der Waals surface area contributed by atoms with Crippen LogP contribution in [-0.4, -0.2) is 17.2 Å². The summed E-state index contributed by atoms with van der Waals surface area (Å²) in [6.45, 7) is 1.80. The van der Waals surface area contributed by atoms with Crippen molar-refractivity contribution in [3.63, 3.8) is 0 Å². The summed E-state index contributed by atoms with van der Waals surface area (Å²) >= 11 is 5.96. The van der Waals surface area contributed by atoms with Crippen molar-refractivity contribution in [3.8, 4) is 0 Å². The van der Waals surface area contributed by atoms with Gasteiger partial charge in [0.15, 0.2) is 0 Å². The third-order valence-corrected chi connectivity index (χ3v) is 3.28. The van der Waals surface area contributed by atoms with Crippen molar-refractivity contribution in [1.29, 1.82) is 0 Å². The Labute approximate surface area is 127 Å². The molecule has 0 aliphatic rings. The first-order valence-electron chi connectivity index (χ1n) is 6.60. The molecule has 1 aromatic heterocycles. The van der Waals surface area contributed by atoms with Crippen molar-refractivity contribution in [1.82, 2.24) is 5.32 Å². The van der Waals surface area contributed by atoms with E-state index >= 15 is 0 Å². The first-order chi connectivity index (χ1) is 10.1. The summed E-state index contributed by atoms with van der Waals surface area (Å²) in [5, 5.41) is 15.8. The van der Waals surface area contributed by atoms with Gasteiger partial charge in [-0.15, -0.1) is 0 Å². The maximum atomic E-state index is 11.9. The second-order valence-electron chi connectivity index (χ2n) is 4.75. The van der Waals surface area contributed by atoms with Gasteiger partial charge in [-0.1, -0.05) is 23.7 Å². The number of urea groups is 1. The van der Waals surface area contributed by atoms with Gasteiger partial charge >= 0.3 is 6.03 Å². The fraction of sp³-hybridized carbons (Fsp3) is 0.267. The SMILES string of the molecule is CC(CC(O)c1ccco1)NC(=O)Nc1ccccc1Cl. The summed E-state index contributed by atoms with van der Waals surface area (Å²) in [7, 11) is 0. The largest absolute Gasteiger partial charge is 0.467 e. The number of aliphatic hydroxyl groups is 1. The molecule has 2 unspecified atom stereocenters. The van der Waals surface area contributed by atoms with Gasteiger partial charge in [0.1, 0.15) is 11.9 Å². The monoisotopic (exact) mass is 308 g/mol. The van der Waals surface area contributed by atoms with Crippen molar-refractivity contribution in [2.24, 2.45) is 0 Å². The normalized spacial score (nSPS) is 13.5. The molecule has 3 N–H and O–H groups in total. The van der Waals surface area contributed by atoms with E-state index in [1.807, 2.05) is 0 Å². The Morgan fingerprint density at radius 1 is 1.33 bits per heavy atom. The number of halogens is 1. The molecule has 0 fully saturated rings. The second kappa shape index (κ2) is 7.15. The highest BCUT2D eigenvalue weighted by molar-refractivity contribution is 6.33. The highest BCUT2D eigenvalue weighted by Gasteiger charge is 2.16. The standard InChI is InChI=1S/C15H17ClN2O3/c1-10(9-13(19)14-7-4-8-21-14)17-15(20)18-12-6-3-2-5-11(12)16/h2-8,10,13,19H,9H2,1H3,(H2,17,18,20). The highest BCUT2D eigenvalue weighted by Crippen LogP contribution is 2.21.